The molecule has 3 nitrogen and oxygen atoms in total. The summed E-state index contributed by atoms with van der Waals surface area (Å²) in [7, 11) is 1.64. The average molecular weight is 271 g/mol. The molecule has 3 heteroatoms. The van der Waals surface area contributed by atoms with Gasteiger partial charge >= 0.3 is 0 Å². The average Bonchev–Trinajstić information content (AvgIpc) is 2.47. The molecule has 0 fully saturated rings. The molecule has 20 heavy (non-hydrogen) atoms. The summed E-state index contributed by atoms with van der Waals surface area (Å²) in [6, 6.07) is 15.8. The zero-order chi connectivity index (χ0) is 14.4. The monoisotopic (exact) mass is 271 g/mol. The molecular formula is C17H21NO2. The van der Waals surface area contributed by atoms with Crippen molar-refractivity contribution in [2.75, 3.05) is 7.11 Å². The van der Waals surface area contributed by atoms with Crippen LogP contribution in [0.25, 0.3) is 0 Å². The molecule has 0 amide bonds. The maximum atomic E-state index is 5.99. The Labute approximate surface area is 120 Å². The molecule has 0 aromatic heterocycles. The number of ether oxygens (including phenoxy) is 2. The van der Waals surface area contributed by atoms with Crippen molar-refractivity contribution in [2.45, 2.75) is 25.8 Å². The first-order valence-electron chi connectivity index (χ1n) is 6.87. The van der Waals surface area contributed by atoms with Gasteiger partial charge in [-0.1, -0.05) is 25.1 Å². The van der Waals surface area contributed by atoms with E-state index < -0.39 is 0 Å². The molecule has 1 atom stereocenters. The minimum atomic E-state index is 0.196. The van der Waals surface area contributed by atoms with E-state index in [4.69, 9.17) is 15.2 Å². The summed E-state index contributed by atoms with van der Waals surface area (Å²) in [5.41, 5.74) is 7.18. The van der Waals surface area contributed by atoms with E-state index in [1.807, 2.05) is 42.5 Å². The first-order chi connectivity index (χ1) is 9.71. The Balaban J connectivity index is 2.10. The predicted molar refractivity (Wildman–Crippen MR) is 81.5 cm³/mol. The Morgan fingerprint density at radius 1 is 1.00 bits per heavy atom. The number of benzene rings is 2. The summed E-state index contributed by atoms with van der Waals surface area (Å²) in [5.74, 6) is 2.37. The third-order valence-corrected chi connectivity index (χ3v) is 3.20. The first kappa shape index (κ1) is 14.4. The van der Waals surface area contributed by atoms with Crippen molar-refractivity contribution >= 4 is 0 Å². The van der Waals surface area contributed by atoms with Gasteiger partial charge in [-0.05, 0) is 42.7 Å². The van der Waals surface area contributed by atoms with E-state index in [0.717, 1.165) is 30.1 Å². The molecule has 1 unspecified atom stereocenters. The van der Waals surface area contributed by atoms with Crippen LogP contribution in [-0.4, -0.2) is 13.2 Å². The molecule has 0 aliphatic carbocycles. The highest BCUT2D eigenvalue weighted by Gasteiger charge is 2.04. The number of nitrogens with two attached hydrogens (primary N) is 1. The van der Waals surface area contributed by atoms with Crippen molar-refractivity contribution in [3.8, 4) is 17.2 Å². The van der Waals surface area contributed by atoms with E-state index in [1.54, 1.807) is 7.11 Å². The predicted octanol–water partition coefficient (Wildman–Crippen LogP) is 3.77. The van der Waals surface area contributed by atoms with Gasteiger partial charge in [-0.15, -0.1) is 0 Å². The molecule has 0 bridgehead atoms. The van der Waals surface area contributed by atoms with Crippen LogP contribution in [0.4, 0.5) is 0 Å². The lowest BCUT2D eigenvalue weighted by Crippen LogP contribution is -2.21. The zero-order valence-corrected chi connectivity index (χ0v) is 12.0. The van der Waals surface area contributed by atoms with Crippen molar-refractivity contribution in [1.29, 1.82) is 0 Å². The third kappa shape index (κ3) is 4.00. The van der Waals surface area contributed by atoms with Gasteiger partial charge in [-0.2, -0.15) is 0 Å². The molecule has 2 rings (SSSR count). The van der Waals surface area contributed by atoms with E-state index in [0.29, 0.717) is 0 Å². The molecule has 0 saturated heterocycles. The fourth-order valence-electron chi connectivity index (χ4n) is 1.98. The van der Waals surface area contributed by atoms with Gasteiger partial charge in [0.2, 0.25) is 0 Å². The Bertz CT molecular complexity index is 554. The van der Waals surface area contributed by atoms with Gasteiger partial charge in [-0.3, -0.25) is 0 Å². The quantitative estimate of drug-likeness (QED) is 0.869. The summed E-state index contributed by atoms with van der Waals surface area (Å²) >= 11 is 0. The van der Waals surface area contributed by atoms with Crippen LogP contribution < -0.4 is 15.2 Å². The lowest BCUT2D eigenvalue weighted by molar-refractivity contribution is 0.409. The van der Waals surface area contributed by atoms with E-state index in [-0.39, 0.29) is 6.04 Å². The zero-order valence-electron chi connectivity index (χ0n) is 12.0. The molecule has 2 aromatic carbocycles. The van der Waals surface area contributed by atoms with Crippen LogP contribution in [0.2, 0.25) is 0 Å². The summed E-state index contributed by atoms with van der Waals surface area (Å²) < 4.78 is 11.0. The Kier molecular flexibility index (Phi) is 5.02. The van der Waals surface area contributed by atoms with Gasteiger partial charge in [-0.25, -0.2) is 0 Å². The molecule has 0 spiro atoms. The molecule has 0 heterocycles. The van der Waals surface area contributed by atoms with E-state index in [9.17, 15) is 0 Å². The van der Waals surface area contributed by atoms with Gasteiger partial charge < -0.3 is 15.2 Å². The molecule has 2 N–H and O–H groups in total. The van der Waals surface area contributed by atoms with Gasteiger partial charge in [0.1, 0.15) is 17.2 Å². The largest absolute Gasteiger partial charge is 0.497 e. The van der Waals surface area contributed by atoms with Crippen LogP contribution in [-0.2, 0) is 6.42 Å². The standard InChI is InChI=1S/C17H21NO2/c1-3-14(18)10-13-6-4-8-16(11-13)20-17-9-5-7-15(12-17)19-2/h4-9,11-12,14H,3,10,18H2,1-2H3. The van der Waals surface area contributed by atoms with Gasteiger partial charge in [0.25, 0.3) is 0 Å². The number of rotatable bonds is 6. The molecular weight excluding hydrogens is 250 g/mol. The van der Waals surface area contributed by atoms with Crippen molar-refractivity contribution in [1.82, 2.24) is 0 Å². The Hall–Kier alpha value is -2.00. The topological polar surface area (TPSA) is 44.5 Å². The van der Waals surface area contributed by atoms with Crippen molar-refractivity contribution in [2.24, 2.45) is 5.73 Å². The lowest BCUT2D eigenvalue weighted by Gasteiger charge is -2.11. The van der Waals surface area contributed by atoms with E-state index in [1.165, 1.54) is 5.56 Å². The lowest BCUT2D eigenvalue weighted by atomic mass is 10.0. The first-order valence-corrected chi connectivity index (χ1v) is 6.87. The Morgan fingerprint density at radius 3 is 2.35 bits per heavy atom. The van der Waals surface area contributed by atoms with Crippen LogP contribution in [0.15, 0.2) is 48.5 Å². The fraction of sp³-hybridized carbons (Fsp3) is 0.294. The molecule has 106 valence electrons. The maximum absolute atomic E-state index is 5.99. The normalized spacial score (nSPS) is 11.9. The minimum Gasteiger partial charge on any atom is -0.497 e. The smallest absolute Gasteiger partial charge is 0.131 e. The molecule has 0 saturated carbocycles. The number of hydrogen-bond acceptors (Lipinski definition) is 3. The third-order valence-electron chi connectivity index (χ3n) is 3.20. The molecule has 0 radical (unpaired) electrons. The highest BCUT2D eigenvalue weighted by atomic mass is 16.5. The molecule has 2 aromatic rings. The van der Waals surface area contributed by atoms with Crippen LogP contribution in [0, 0.1) is 0 Å². The van der Waals surface area contributed by atoms with Crippen LogP contribution in [0.5, 0.6) is 17.2 Å². The number of hydrogen-bond donors (Lipinski definition) is 1. The summed E-state index contributed by atoms with van der Waals surface area (Å²) in [5, 5.41) is 0. The second-order valence-corrected chi connectivity index (χ2v) is 4.80. The second kappa shape index (κ2) is 6.96. The highest BCUT2D eigenvalue weighted by Crippen LogP contribution is 2.25. The fourth-order valence-corrected chi connectivity index (χ4v) is 1.98. The minimum absolute atomic E-state index is 0.196. The van der Waals surface area contributed by atoms with Crippen molar-refractivity contribution in [3.63, 3.8) is 0 Å². The van der Waals surface area contributed by atoms with Crippen LogP contribution >= 0.6 is 0 Å². The summed E-state index contributed by atoms with van der Waals surface area (Å²) in [4.78, 5) is 0. The Morgan fingerprint density at radius 2 is 1.65 bits per heavy atom. The highest BCUT2D eigenvalue weighted by molar-refractivity contribution is 5.38. The summed E-state index contributed by atoms with van der Waals surface area (Å²) in [6.45, 7) is 2.10. The van der Waals surface area contributed by atoms with Crippen molar-refractivity contribution < 1.29 is 9.47 Å². The second-order valence-electron chi connectivity index (χ2n) is 4.80. The van der Waals surface area contributed by atoms with E-state index in [2.05, 4.69) is 13.0 Å². The van der Waals surface area contributed by atoms with Crippen LogP contribution in [0.1, 0.15) is 18.9 Å². The van der Waals surface area contributed by atoms with Crippen molar-refractivity contribution in [3.05, 3.63) is 54.1 Å². The van der Waals surface area contributed by atoms with Gasteiger partial charge in [0, 0.05) is 12.1 Å². The molecule has 0 aliphatic rings. The molecule has 0 aliphatic heterocycles. The van der Waals surface area contributed by atoms with Crippen LogP contribution in [0.3, 0.4) is 0 Å². The SMILES string of the molecule is CCC(N)Cc1cccc(Oc2cccc(OC)c2)c1. The summed E-state index contributed by atoms with van der Waals surface area (Å²) in [6.07, 6.45) is 1.84. The van der Waals surface area contributed by atoms with E-state index >= 15 is 0 Å². The van der Waals surface area contributed by atoms with Gasteiger partial charge in [0.05, 0.1) is 7.11 Å². The van der Waals surface area contributed by atoms with Gasteiger partial charge in [0.15, 0.2) is 0 Å². The number of methoxy groups -OCH3 is 1. The maximum Gasteiger partial charge on any atom is 0.131 e.